The number of sulfonamides is 1. The maximum absolute atomic E-state index is 12.9. The van der Waals surface area contributed by atoms with Crippen molar-refractivity contribution in [3.63, 3.8) is 0 Å². The minimum atomic E-state index is -3.75. The molecule has 2 aromatic carbocycles. The van der Waals surface area contributed by atoms with Gasteiger partial charge in [-0.15, -0.1) is 13.2 Å². The lowest BCUT2D eigenvalue weighted by molar-refractivity contribution is -0.114. The van der Waals surface area contributed by atoms with Crippen molar-refractivity contribution in [1.82, 2.24) is 8.87 Å². The molecule has 178 valence electrons. The number of benzene rings is 2. The Morgan fingerprint density at radius 1 is 1.12 bits per heavy atom. The number of nitrogens with zero attached hydrogens (tertiary/aromatic N) is 3. The summed E-state index contributed by atoms with van der Waals surface area (Å²) in [7, 11) is -3.75. The molecular weight excluding hydrogens is 472 g/mol. The van der Waals surface area contributed by atoms with Gasteiger partial charge in [0.05, 0.1) is 15.1 Å². The van der Waals surface area contributed by atoms with Crippen LogP contribution in [0.3, 0.4) is 0 Å². The van der Waals surface area contributed by atoms with Gasteiger partial charge in [-0.3, -0.25) is 9.59 Å². The van der Waals surface area contributed by atoms with Crippen molar-refractivity contribution in [2.45, 2.75) is 25.3 Å². The number of nitrogens with one attached hydrogen (secondary N) is 1. The second-order valence-corrected chi connectivity index (χ2v) is 10.3. The number of anilines is 1. The Morgan fingerprint density at radius 2 is 1.76 bits per heavy atom. The third-order valence-corrected chi connectivity index (χ3v) is 7.81. The number of rotatable bonds is 9. The number of aryl methyl sites for hydroxylation is 1. The summed E-state index contributed by atoms with van der Waals surface area (Å²) in [5, 5.41) is 2.75. The summed E-state index contributed by atoms with van der Waals surface area (Å²) in [6.07, 6.45) is 3.01. The fourth-order valence-electron chi connectivity index (χ4n) is 3.37. The van der Waals surface area contributed by atoms with Gasteiger partial charge in [-0.1, -0.05) is 23.5 Å². The minimum absolute atomic E-state index is 0.0729. The largest absolute Gasteiger partial charge is 0.326 e. The third kappa shape index (κ3) is 5.41. The van der Waals surface area contributed by atoms with E-state index in [-0.39, 0.29) is 29.5 Å². The number of hydrogen-bond acceptors (Lipinski definition) is 5. The van der Waals surface area contributed by atoms with Crippen LogP contribution in [0.1, 0.15) is 24.2 Å². The van der Waals surface area contributed by atoms with Crippen LogP contribution in [0.5, 0.6) is 0 Å². The molecule has 2 amide bonds. The molecule has 0 spiro atoms. The topological polar surface area (TPSA) is 101 Å². The van der Waals surface area contributed by atoms with E-state index in [1.165, 1.54) is 59.0 Å². The molecule has 3 rings (SSSR count). The minimum Gasteiger partial charge on any atom is -0.326 e. The molecule has 0 atom stereocenters. The normalized spacial score (nSPS) is 12.1. The summed E-state index contributed by atoms with van der Waals surface area (Å²) in [4.78, 5) is 29.1. The molecular formula is C24H26N4O4S2. The molecule has 0 radical (unpaired) electrons. The van der Waals surface area contributed by atoms with E-state index in [0.29, 0.717) is 17.0 Å². The van der Waals surface area contributed by atoms with E-state index in [9.17, 15) is 18.0 Å². The van der Waals surface area contributed by atoms with Gasteiger partial charge in [0.2, 0.25) is 15.9 Å². The van der Waals surface area contributed by atoms with Crippen LogP contribution in [0.15, 0.2) is 77.7 Å². The van der Waals surface area contributed by atoms with Crippen LogP contribution in [0.4, 0.5) is 5.69 Å². The summed E-state index contributed by atoms with van der Waals surface area (Å²) in [5.74, 6) is -0.643. The number of thiazole rings is 1. The molecule has 0 unspecified atom stereocenters. The quantitative estimate of drug-likeness (QED) is 0.454. The molecule has 0 aliphatic heterocycles. The van der Waals surface area contributed by atoms with Crippen LogP contribution < -0.4 is 10.1 Å². The highest BCUT2D eigenvalue weighted by atomic mass is 32.2. The van der Waals surface area contributed by atoms with Crippen LogP contribution in [-0.4, -0.2) is 42.2 Å². The number of carbonyl (C=O) groups is 2. The maximum atomic E-state index is 12.9. The molecule has 0 aliphatic carbocycles. The first-order valence-electron chi connectivity index (χ1n) is 10.5. The van der Waals surface area contributed by atoms with Crippen LogP contribution in [-0.2, 0) is 21.4 Å². The number of fused-ring (bicyclic) bond motifs is 1. The Morgan fingerprint density at radius 3 is 2.32 bits per heavy atom. The Labute approximate surface area is 202 Å². The molecule has 0 aliphatic rings. The van der Waals surface area contributed by atoms with Crippen molar-refractivity contribution in [2.75, 3.05) is 18.4 Å². The summed E-state index contributed by atoms with van der Waals surface area (Å²) in [6.45, 7) is 11.5. The van der Waals surface area contributed by atoms with Gasteiger partial charge in [0.25, 0.3) is 5.91 Å². The molecule has 0 bridgehead atoms. The highest BCUT2D eigenvalue weighted by Gasteiger charge is 2.22. The van der Waals surface area contributed by atoms with Crippen molar-refractivity contribution in [3.8, 4) is 0 Å². The average Bonchev–Trinajstić information content (AvgIpc) is 3.14. The van der Waals surface area contributed by atoms with Crippen molar-refractivity contribution in [2.24, 2.45) is 4.99 Å². The third-order valence-electron chi connectivity index (χ3n) is 4.92. The fourth-order valence-corrected chi connectivity index (χ4v) is 5.89. The molecule has 0 saturated heterocycles. The maximum Gasteiger partial charge on any atom is 0.279 e. The lowest BCUT2D eigenvalue weighted by atomic mass is 10.2. The second-order valence-electron chi connectivity index (χ2n) is 7.33. The summed E-state index contributed by atoms with van der Waals surface area (Å²) >= 11 is 1.34. The van der Waals surface area contributed by atoms with E-state index in [4.69, 9.17) is 0 Å². The first kappa shape index (κ1) is 25.3. The predicted octanol–water partition coefficient (Wildman–Crippen LogP) is 3.78. The zero-order valence-electron chi connectivity index (χ0n) is 19.0. The van der Waals surface area contributed by atoms with Crippen LogP contribution in [0.25, 0.3) is 10.2 Å². The zero-order chi connectivity index (χ0) is 24.9. The van der Waals surface area contributed by atoms with Gasteiger partial charge in [-0.05, 0) is 49.4 Å². The second kappa shape index (κ2) is 10.7. The van der Waals surface area contributed by atoms with E-state index < -0.39 is 15.9 Å². The molecule has 8 nitrogen and oxygen atoms in total. The number of carbonyl (C=O) groups excluding carboxylic acids is 2. The SMILES string of the molecule is C=CCN(CC=C)S(=O)(=O)c1ccc(C(=O)N=c2sc3cc(NC(C)=O)ccc3n2CC)cc1. The standard InChI is InChI=1S/C24H26N4O4S2/c1-5-14-27(15-6-2)34(31,32)20-11-8-18(9-12-20)23(30)26-24-28(7-3)21-13-10-19(25-17(4)29)16-22(21)33-24/h5-6,8-13,16H,1-2,7,14-15H2,3-4H3,(H,25,29). The first-order valence-corrected chi connectivity index (χ1v) is 12.8. The molecule has 34 heavy (non-hydrogen) atoms. The van der Waals surface area contributed by atoms with E-state index in [2.05, 4.69) is 23.5 Å². The Kier molecular flexibility index (Phi) is 7.98. The summed E-state index contributed by atoms with van der Waals surface area (Å²) in [5.41, 5.74) is 1.84. The van der Waals surface area contributed by atoms with Crippen LogP contribution in [0, 0.1) is 0 Å². The molecule has 10 heteroatoms. The van der Waals surface area contributed by atoms with Crippen molar-refractivity contribution < 1.29 is 18.0 Å². The van der Waals surface area contributed by atoms with Gasteiger partial charge in [0.15, 0.2) is 4.80 Å². The van der Waals surface area contributed by atoms with Crippen LogP contribution >= 0.6 is 11.3 Å². The monoisotopic (exact) mass is 498 g/mol. The lowest BCUT2D eigenvalue weighted by Gasteiger charge is -2.19. The van der Waals surface area contributed by atoms with Gasteiger partial charge in [-0.25, -0.2) is 8.42 Å². The molecule has 1 heterocycles. The van der Waals surface area contributed by atoms with Crippen molar-refractivity contribution in [3.05, 3.63) is 78.1 Å². The molecule has 1 N–H and O–H groups in total. The number of hydrogen-bond donors (Lipinski definition) is 1. The fraction of sp³-hybridized carbons (Fsp3) is 0.208. The molecule has 3 aromatic rings. The Hall–Kier alpha value is -3.34. The van der Waals surface area contributed by atoms with E-state index >= 15 is 0 Å². The number of amides is 2. The smallest absolute Gasteiger partial charge is 0.279 e. The van der Waals surface area contributed by atoms with Crippen LogP contribution in [0.2, 0.25) is 0 Å². The summed E-state index contributed by atoms with van der Waals surface area (Å²) in [6, 6.07) is 11.2. The van der Waals surface area contributed by atoms with Gasteiger partial charge in [0, 0.05) is 37.8 Å². The van der Waals surface area contributed by atoms with Gasteiger partial charge in [0.1, 0.15) is 0 Å². The lowest BCUT2D eigenvalue weighted by Crippen LogP contribution is -2.31. The van der Waals surface area contributed by atoms with Crippen molar-refractivity contribution >= 4 is 49.1 Å². The average molecular weight is 499 g/mol. The van der Waals surface area contributed by atoms with Crippen molar-refractivity contribution in [1.29, 1.82) is 0 Å². The van der Waals surface area contributed by atoms with Gasteiger partial charge in [-0.2, -0.15) is 9.30 Å². The molecule has 1 aromatic heterocycles. The Balaban J connectivity index is 1.94. The highest BCUT2D eigenvalue weighted by Crippen LogP contribution is 2.22. The summed E-state index contributed by atoms with van der Waals surface area (Å²) < 4.78 is 29.7. The molecule has 0 fully saturated rings. The van der Waals surface area contributed by atoms with Gasteiger partial charge >= 0.3 is 0 Å². The Bertz CT molecular complexity index is 1410. The first-order chi connectivity index (χ1) is 16.2. The van der Waals surface area contributed by atoms with E-state index in [1.807, 2.05) is 23.6 Å². The van der Waals surface area contributed by atoms with E-state index in [0.717, 1.165) is 10.2 Å². The zero-order valence-corrected chi connectivity index (χ0v) is 20.7. The highest BCUT2D eigenvalue weighted by molar-refractivity contribution is 7.89. The van der Waals surface area contributed by atoms with E-state index in [1.54, 1.807) is 6.07 Å². The predicted molar refractivity (Wildman–Crippen MR) is 135 cm³/mol. The molecule has 0 saturated carbocycles. The number of aromatic nitrogens is 1. The van der Waals surface area contributed by atoms with Gasteiger partial charge < -0.3 is 9.88 Å².